The molecule has 0 aliphatic heterocycles. The molecule has 148 valence electrons. The monoisotopic (exact) mass is 392 g/mol. The van der Waals surface area contributed by atoms with Crippen molar-refractivity contribution in [2.24, 2.45) is 0 Å². The van der Waals surface area contributed by atoms with E-state index in [9.17, 15) is 9.59 Å². The third kappa shape index (κ3) is 5.73. The standard InChI is InChI=1S/C20H20N6O3/c1-29-17-6-5-14(19(27)24-9-7-15-4-2-3-8-22-15)12-16(17)25-20(28)26-18-13-21-10-11-23-18/h2-6,8,10-13H,7,9H2,1H3,(H,24,27)(H2,23,25,26,28). The highest BCUT2D eigenvalue weighted by Crippen LogP contribution is 2.25. The van der Waals surface area contributed by atoms with Crippen molar-refractivity contribution in [1.82, 2.24) is 20.3 Å². The van der Waals surface area contributed by atoms with Crippen molar-refractivity contribution in [3.05, 3.63) is 72.4 Å². The number of aromatic nitrogens is 3. The zero-order valence-corrected chi connectivity index (χ0v) is 15.8. The van der Waals surface area contributed by atoms with Gasteiger partial charge in [0.2, 0.25) is 0 Å². The van der Waals surface area contributed by atoms with Gasteiger partial charge in [-0.25, -0.2) is 9.78 Å². The summed E-state index contributed by atoms with van der Waals surface area (Å²) in [7, 11) is 1.48. The molecule has 0 bridgehead atoms. The predicted octanol–water partition coefficient (Wildman–Crippen LogP) is 2.50. The molecule has 0 spiro atoms. The number of carbonyl (C=O) groups is 2. The van der Waals surface area contributed by atoms with Gasteiger partial charge in [-0.2, -0.15) is 0 Å². The summed E-state index contributed by atoms with van der Waals surface area (Å²) in [4.78, 5) is 36.7. The van der Waals surface area contributed by atoms with E-state index in [-0.39, 0.29) is 5.91 Å². The van der Waals surface area contributed by atoms with Gasteiger partial charge in [0.05, 0.1) is 19.0 Å². The minimum atomic E-state index is -0.531. The van der Waals surface area contributed by atoms with Gasteiger partial charge in [-0.15, -0.1) is 0 Å². The lowest BCUT2D eigenvalue weighted by molar-refractivity contribution is 0.0954. The first-order chi connectivity index (χ1) is 14.2. The fourth-order valence-corrected chi connectivity index (χ4v) is 2.53. The quantitative estimate of drug-likeness (QED) is 0.569. The largest absolute Gasteiger partial charge is 0.495 e. The molecular weight excluding hydrogens is 372 g/mol. The Bertz CT molecular complexity index is 966. The average Bonchev–Trinajstić information content (AvgIpc) is 2.75. The van der Waals surface area contributed by atoms with Gasteiger partial charge in [-0.3, -0.25) is 20.1 Å². The van der Waals surface area contributed by atoms with Crippen molar-refractivity contribution in [2.45, 2.75) is 6.42 Å². The van der Waals surface area contributed by atoms with Gasteiger partial charge in [0.1, 0.15) is 5.75 Å². The zero-order chi connectivity index (χ0) is 20.5. The van der Waals surface area contributed by atoms with E-state index in [1.807, 2.05) is 18.2 Å². The number of anilines is 2. The SMILES string of the molecule is COc1ccc(C(=O)NCCc2ccccn2)cc1NC(=O)Nc1cnccn1. The molecule has 0 saturated carbocycles. The number of ether oxygens (including phenoxy) is 1. The molecule has 0 saturated heterocycles. The first-order valence-electron chi connectivity index (χ1n) is 8.86. The van der Waals surface area contributed by atoms with Crippen LogP contribution in [0.15, 0.2) is 61.2 Å². The summed E-state index contributed by atoms with van der Waals surface area (Å²) in [5, 5.41) is 8.05. The Hall–Kier alpha value is -4.01. The number of nitrogens with zero attached hydrogens (tertiary/aromatic N) is 3. The lowest BCUT2D eigenvalue weighted by atomic mass is 10.1. The molecule has 3 rings (SSSR count). The Morgan fingerprint density at radius 2 is 1.93 bits per heavy atom. The maximum absolute atomic E-state index is 12.4. The molecule has 1 aromatic carbocycles. The number of benzene rings is 1. The second kappa shape index (κ2) is 9.79. The summed E-state index contributed by atoms with van der Waals surface area (Å²) in [6.07, 6.45) is 6.72. The van der Waals surface area contributed by atoms with Crippen molar-refractivity contribution >= 4 is 23.4 Å². The van der Waals surface area contributed by atoms with Crippen LogP contribution >= 0.6 is 0 Å². The van der Waals surface area contributed by atoms with Crippen LogP contribution in [0.5, 0.6) is 5.75 Å². The topological polar surface area (TPSA) is 118 Å². The molecule has 3 amide bonds. The van der Waals surface area contributed by atoms with E-state index in [1.165, 1.54) is 25.7 Å². The summed E-state index contributed by atoms with van der Waals surface area (Å²) in [5.41, 5.74) is 1.64. The van der Waals surface area contributed by atoms with E-state index in [1.54, 1.807) is 24.4 Å². The Balaban J connectivity index is 1.62. The minimum Gasteiger partial charge on any atom is -0.495 e. The summed E-state index contributed by atoms with van der Waals surface area (Å²) in [6, 6.07) is 9.90. The molecule has 9 heteroatoms. The fraction of sp³-hybridized carbons (Fsp3) is 0.150. The highest BCUT2D eigenvalue weighted by atomic mass is 16.5. The van der Waals surface area contributed by atoms with Gasteiger partial charge in [-0.05, 0) is 30.3 Å². The van der Waals surface area contributed by atoms with E-state index < -0.39 is 6.03 Å². The Morgan fingerprint density at radius 1 is 1.03 bits per heavy atom. The van der Waals surface area contributed by atoms with Gasteiger partial charge in [0.25, 0.3) is 5.91 Å². The van der Waals surface area contributed by atoms with Gasteiger partial charge < -0.3 is 15.4 Å². The number of urea groups is 1. The molecule has 29 heavy (non-hydrogen) atoms. The van der Waals surface area contributed by atoms with Crippen LogP contribution in [0, 0.1) is 0 Å². The van der Waals surface area contributed by atoms with Crippen molar-refractivity contribution in [1.29, 1.82) is 0 Å². The molecule has 0 aliphatic rings. The first kappa shape index (κ1) is 19.7. The van der Waals surface area contributed by atoms with E-state index in [2.05, 4.69) is 30.9 Å². The predicted molar refractivity (Wildman–Crippen MR) is 108 cm³/mol. The molecule has 0 radical (unpaired) electrons. The number of carbonyl (C=O) groups excluding carboxylic acids is 2. The molecule has 2 heterocycles. The molecule has 3 N–H and O–H groups in total. The van der Waals surface area contributed by atoms with Crippen LogP contribution in [0.1, 0.15) is 16.1 Å². The van der Waals surface area contributed by atoms with E-state index in [0.717, 1.165) is 5.69 Å². The molecule has 2 aromatic heterocycles. The number of rotatable bonds is 7. The second-order valence-electron chi connectivity index (χ2n) is 5.91. The van der Waals surface area contributed by atoms with Crippen LogP contribution in [0.3, 0.4) is 0 Å². The Kier molecular flexibility index (Phi) is 6.66. The van der Waals surface area contributed by atoms with E-state index >= 15 is 0 Å². The number of pyridine rings is 1. The Morgan fingerprint density at radius 3 is 2.66 bits per heavy atom. The molecule has 0 fully saturated rings. The lowest BCUT2D eigenvalue weighted by Gasteiger charge is -2.13. The summed E-state index contributed by atoms with van der Waals surface area (Å²) in [6.45, 7) is 0.442. The average molecular weight is 392 g/mol. The molecule has 0 unspecified atom stereocenters. The minimum absolute atomic E-state index is 0.263. The first-order valence-corrected chi connectivity index (χ1v) is 8.86. The molecule has 0 aliphatic carbocycles. The lowest BCUT2D eigenvalue weighted by Crippen LogP contribution is -2.26. The number of hydrogen-bond donors (Lipinski definition) is 3. The summed E-state index contributed by atoms with van der Waals surface area (Å²) >= 11 is 0. The van der Waals surface area contributed by atoms with Gasteiger partial charge >= 0.3 is 6.03 Å². The number of hydrogen-bond acceptors (Lipinski definition) is 6. The van der Waals surface area contributed by atoms with Crippen molar-refractivity contribution in [3.8, 4) is 5.75 Å². The van der Waals surface area contributed by atoms with Gasteiger partial charge in [0.15, 0.2) is 5.82 Å². The van der Waals surface area contributed by atoms with Crippen LogP contribution in [-0.4, -0.2) is 40.5 Å². The van der Waals surface area contributed by atoms with Crippen LogP contribution in [0.4, 0.5) is 16.3 Å². The third-order valence-electron chi connectivity index (χ3n) is 3.91. The van der Waals surface area contributed by atoms with Crippen LogP contribution in [0.25, 0.3) is 0 Å². The molecular formula is C20H20N6O3. The highest BCUT2D eigenvalue weighted by Gasteiger charge is 2.13. The van der Waals surface area contributed by atoms with Crippen molar-refractivity contribution < 1.29 is 14.3 Å². The summed E-state index contributed by atoms with van der Waals surface area (Å²) in [5.74, 6) is 0.456. The van der Waals surface area contributed by atoms with Gasteiger partial charge in [0, 0.05) is 42.8 Å². The summed E-state index contributed by atoms with van der Waals surface area (Å²) < 4.78 is 5.26. The van der Waals surface area contributed by atoms with E-state index in [4.69, 9.17) is 4.74 Å². The molecule has 9 nitrogen and oxygen atoms in total. The maximum Gasteiger partial charge on any atom is 0.324 e. The van der Waals surface area contributed by atoms with Crippen molar-refractivity contribution in [3.63, 3.8) is 0 Å². The third-order valence-corrected chi connectivity index (χ3v) is 3.91. The zero-order valence-electron chi connectivity index (χ0n) is 15.8. The Labute approximate surface area is 167 Å². The normalized spacial score (nSPS) is 10.1. The fourth-order valence-electron chi connectivity index (χ4n) is 2.53. The van der Waals surface area contributed by atoms with Crippen molar-refractivity contribution in [2.75, 3.05) is 24.3 Å². The smallest absolute Gasteiger partial charge is 0.324 e. The molecule has 3 aromatic rings. The van der Waals surface area contributed by atoms with Crippen LogP contribution in [0.2, 0.25) is 0 Å². The number of methoxy groups -OCH3 is 1. The highest BCUT2D eigenvalue weighted by molar-refractivity contribution is 6.02. The maximum atomic E-state index is 12.4. The van der Waals surface area contributed by atoms with Crippen LogP contribution in [-0.2, 0) is 6.42 Å². The van der Waals surface area contributed by atoms with Gasteiger partial charge in [-0.1, -0.05) is 6.07 Å². The second-order valence-corrected chi connectivity index (χ2v) is 5.91. The molecule has 0 atom stereocenters. The van der Waals surface area contributed by atoms with E-state index in [0.29, 0.717) is 35.8 Å². The number of amides is 3. The van der Waals surface area contributed by atoms with Crippen LogP contribution < -0.4 is 20.7 Å². The number of nitrogens with one attached hydrogen (secondary N) is 3.